The quantitative estimate of drug-likeness (QED) is 0.609. The number of rotatable bonds is 6. The molecule has 0 spiro atoms. The van der Waals surface area contributed by atoms with Crippen molar-refractivity contribution in [3.05, 3.63) is 29.3 Å². The third kappa shape index (κ3) is 6.15. The predicted octanol–water partition coefficient (Wildman–Crippen LogP) is 1.56. The van der Waals surface area contributed by atoms with Crippen molar-refractivity contribution in [1.82, 2.24) is 5.48 Å². The van der Waals surface area contributed by atoms with Crippen LogP contribution >= 0.6 is 23.4 Å². The van der Waals surface area contributed by atoms with Crippen LogP contribution in [0.15, 0.2) is 29.2 Å². The van der Waals surface area contributed by atoms with E-state index in [-0.39, 0.29) is 5.75 Å². The van der Waals surface area contributed by atoms with Gasteiger partial charge in [0, 0.05) is 9.92 Å². The van der Waals surface area contributed by atoms with Gasteiger partial charge in [-0.25, -0.2) is 10.3 Å². The van der Waals surface area contributed by atoms with Crippen molar-refractivity contribution in [2.24, 2.45) is 0 Å². The first-order valence-electron chi connectivity index (χ1n) is 4.58. The Kier molecular flexibility index (Phi) is 5.82. The maximum Gasteiger partial charge on any atom is 0.332 e. The van der Waals surface area contributed by atoms with E-state index in [0.717, 1.165) is 4.90 Å². The molecule has 0 atom stereocenters. The van der Waals surface area contributed by atoms with Crippen LogP contribution in [-0.4, -0.2) is 29.3 Å². The Bertz CT molecular complexity index is 396. The molecular weight excluding hydrogens is 266 g/mol. The van der Waals surface area contributed by atoms with Crippen LogP contribution in [0, 0.1) is 0 Å². The highest BCUT2D eigenvalue weighted by atomic mass is 35.5. The summed E-state index contributed by atoms with van der Waals surface area (Å²) >= 11 is 7.01. The van der Waals surface area contributed by atoms with Gasteiger partial charge in [0.1, 0.15) is 0 Å². The summed E-state index contributed by atoms with van der Waals surface area (Å²) in [6, 6.07) is 7.03. The van der Waals surface area contributed by atoms with Crippen LogP contribution in [0.1, 0.15) is 0 Å². The predicted molar refractivity (Wildman–Crippen MR) is 63.9 cm³/mol. The number of amides is 1. The van der Waals surface area contributed by atoms with Gasteiger partial charge in [-0.3, -0.25) is 9.63 Å². The lowest BCUT2D eigenvalue weighted by molar-refractivity contribution is -0.148. The monoisotopic (exact) mass is 275 g/mol. The number of thioether (sulfide) groups is 1. The van der Waals surface area contributed by atoms with E-state index in [4.69, 9.17) is 16.7 Å². The van der Waals surface area contributed by atoms with Crippen molar-refractivity contribution in [3.63, 3.8) is 0 Å². The Morgan fingerprint density at radius 1 is 1.35 bits per heavy atom. The largest absolute Gasteiger partial charge is 0.479 e. The summed E-state index contributed by atoms with van der Waals surface area (Å²) in [7, 11) is 0. The highest BCUT2D eigenvalue weighted by Gasteiger charge is 2.04. The standard InChI is InChI=1S/C10H10ClNO4S/c11-7-1-3-8(4-2-7)17-6-9(13)12-16-5-10(14)15/h1-4H,5-6H2,(H,12,13)(H,14,15). The smallest absolute Gasteiger partial charge is 0.332 e. The molecule has 0 saturated carbocycles. The van der Waals surface area contributed by atoms with Gasteiger partial charge in [-0.2, -0.15) is 0 Å². The zero-order valence-corrected chi connectivity index (χ0v) is 10.3. The molecule has 0 aliphatic rings. The van der Waals surface area contributed by atoms with E-state index in [9.17, 15) is 9.59 Å². The second-order valence-corrected chi connectivity index (χ2v) is 4.44. The summed E-state index contributed by atoms with van der Waals surface area (Å²) in [5, 5.41) is 8.89. The normalized spacial score (nSPS) is 9.94. The Labute approximate surface area is 107 Å². The van der Waals surface area contributed by atoms with Gasteiger partial charge in [0.15, 0.2) is 6.61 Å². The minimum atomic E-state index is -1.14. The van der Waals surface area contributed by atoms with Gasteiger partial charge in [-0.1, -0.05) is 11.6 Å². The van der Waals surface area contributed by atoms with E-state index in [1.54, 1.807) is 24.3 Å². The molecule has 0 heterocycles. The summed E-state index contributed by atoms with van der Waals surface area (Å²) in [5.74, 6) is -1.40. The third-order valence-electron chi connectivity index (χ3n) is 1.57. The molecule has 92 valence electrons. The molecule has 5 nitrogen and oxygen atoms in total. The fourth-order valence-corrected chi connectivity index (χ4v) is 1.70. The number of carboxylic acids is 1. The second-order valence-electron chi connectivity index (χ2n) is 2.95. The van der Waals surface area contributed by atoms with Gasteiger partial charge < -0.3 is 5.11 Å². The lowest BCUT2D eigenvalue weighted by Crippen LogP contribution is -2.27. The first-order valence-corrected chi connectivity index (χ1v) is 5.95. The van der Waals surface area contributed by atoms with Crippen molar-refractivity contribution in [3.8, 4) is 0 Å². The van der Waals surface area contributed by atoms with Crippen molar-refractivity contribution >= 4 is 35.2 Å². The van der Waals surface area contributed by atoms with E-state index in [1.807, 2.05) is 5.48 Å². The molecule has 17 heavy (non-hydrogen) atoms. The van der Waals surface area contributed by atoms with Crippen molar-refractivity contribution in [1.29, 1.82) is 0 Å². The highest BCUT2D eigenvalue weighted by molar-refractivity contribution is 8.00. The minimum absolute atomic E-state index is 0.140. The van der Waals surface area contributed by atoms with E-state index in [0.29, 0.717) is 5.02 Å². The fourth-order valence-electron chi connectivity index (χ4n) is 0.887. The average Bonchev–Trinajstić information content (AvgIpc) is 2.28. The number of nitrogens with one attached hydrogen (secondary N) is 1. The molecular formula is C10H10ClNO4S. The van der Waals surface area contributed by atoms with E-state index in [2.05, 4.69) is 4.84 Å². The molecule has 0 fully saturated rings. The number of carbonyl (C=O) groups excluding carboxylic acids is 1. The maximum atomic E-state index is 11.2. The molecule has 0 aliphatic heterocycles. The van der Waals surface area contributed by atoms with Gasteiger partial charge in [-0.15, -0.1) is 11.8 Å². The molecule has 1 rings (SSSR count). The summed E-state index contributed by atoms with van der Waals surface area (Å²) in [6.45, 7) is -0.558. The molecule has 0 bridgehead atoms. The number of hydrogen-bond donors (Lipinski definition) is 2. The number of benzene rings is 1. The molecule has 0 aromatic heterocycles. The summed E-state index contributed by atoms with van der Waals surface area (Å²) < 4.78 is 0. The van der Waals surface area contributed by atoms with Crippen LogP contribution < -0.4 is 5.48 Å². The van der Waals surface area contributed by atoms with Crippen LogP contribution in [0.4, 0.5) is 0 Å². The lowest BCUT2D eigenvalue weighted by Gasteiger charge is -2.03. The van der Waals surface area contributed by atoms with Gasteiger partial charge in [-0.05, 0) is 24.3 Å². The zero-order chi connectivity index (χ0) is 12.7. The van der Waals surface area contributed by atoms with Crippen LogP contribution in [0.5, 0.6) is 0 Å². The SMILES string of the molecule is O=C(O)CONC(=O)CSc1ccc(Cl)cc1. The number of carboxylic acid groups (broad SMARTS) is 1. The van der Waals surface area contributed by atoms with Crippen molar-refractivity contribution in [2.45, 2.75) is 4.90 Å². The van der Waals surface area contributed by atoms with Crippen molar-refractivity contribution < 1.29 is 19.5 Å². The number of aliphatic carboxylic acids is 1. The Hall–Kier alpha value is -1.24. The number of hydrogen-bond acceptors (Lipinski definition) is 4. The van der Waals surface area contributed by atoms with E-state index >= 15 is 0 Å². The molecule has 1 aromatic rings. The maximum absolute atomic E-state index is 11.2. The molecule has 2 N–H and O–H groups in total. The lowest BCUT2D eigenvalue weighted by atomic mass is 10.4. The van der Waals surface area contributed by atoms with Gasteiger partial charge in [0.2, 0.25) is 0 Å². The van der Waals surface area contributed by atoms with Crippen LogP contribution in [0.25, 0.3) is 0 Å². The number of halogens is 1. The Balaban J connectivity index is 2.23. The minimum Gasteiger partial charge on any atom is -0.479 e. The molecule has 1 aromatic carbocycles. The second kappa shape index (κ2) is 7.16. The van der Waals surface area contributed by atoms with Crippen molar-refractivity contribution in [2.75, 3.05) is 12.4 Å². The summed E-state index contributed by atoms with van der Waals surface area (Å²) in [4.78, 5) is 26.6. The molecule has 0 aliphatic carbocycles. The van der Waals surface area contributed by atoms with E-state index in [1.165, 1.54) is 11.8 Å². The molecule has 0 radical (unpaired) electrons. The first-order chi connectivity index (χ1) is 8.08. The Morgan fingerprint density at radius 2 is 2.00 bits per heavy atom. The Morgan fingerprint density at radius 3 is 2.59 bits per heavy atom. The molecule has 7 heteroatoms. The highest BCUT2D eigenvalue weighted by Crippen LogP contribution is 2.19. The van der Waals surface area contributed by atoms with Crippen LogP contribution in [0.3, 0.4) is 0 Å². The molecule has 0 unspecified atom stereocenters. The van der Waals surface area contributed by atoms with Gasteiger partial charge in [0.25, 0.3) is 5.91 Å². The summed E-state index contributed by atoms with van der Waals surface area (Å²) in [6.07, 6.45) is 0. The molecule has 0 saturated heterocycles. The van der Waals surface area contributed by atoms with Crippen LogP contribution in [-0.2, 0) is 14.4 Å². The topological polar surface area (TPSA) is 75.6 Å². The van der Waals surface area contributed by atoms with E-state index < -0.39 is 18.5 Å². The fraction of sp³-hybridized carbons (Fsp3) is 0.200. The number of hydroxylamine groups is 1. The third-order valence-corrected chi connectivity index (χ3v) is 2.83. The summed E-state index contributed by atoms with van der Waals surface area (Å²) in [5.41, 5.74) is 2.03. The van der Waals surface area contributed by atoms with Crippen LogP contribution in [0.2, 0.25) is 5.02 Å². The molecule has 1 amide bonds. The average molecular weight is 276 g/mol. The van der Waals surface area contributed by atoms with Gasteiger partial charge in [0.05, 0.1) is 5.75 Å². The number of carbonyl (C=O) groups is 2. The first kappa shape index (κ1) is 13.8. The van der Waals surface area contributed by atoms with Gasteiger partial charge >= 0.3 is 5.97 Å². The zero-order valence-electron chi connectivity index (χ0n) is 8.68.